The number of nitrogens with zero attached hydrogens (tertiary/aromatic N) is 2. The minimum Gasteiger partial charge on any atom is -0.313 e. The molecule has 0 radical (unpaired) electrons. The first-order valence-corrected chi connectivity index (χ1v) is 7.40. The van der Waals surface area contributed by atoms with Crippen LogP contribution in [0.1, 0.15) is 39.5 Å². The molecule has 3 nitrogen and oxygen atoms in total. The fraction of sp³-hybridized carbons (Fsp3) is 1.00. The second-order valence-corrected chi connectivity index (χ2v) is 5.87. The van der Waals surface area contributed by atoms with Crippen molar-refractivity contribution in [2.45, 2.75) is 57.7 Å². The first-order valence-electron chi connectivity index (χ1n) is 7.40. The zero-order valence-corrected chi connectivity index (χ0v) is 11.8. The Balaban J connectivity index is 1.97. The van der Waals surface area contributed by atoms with Crippen molar-refractivity contribution in [3.8, 4) is 0 Å². The highest BCUT2D eigenvalue weighted by Crippen LogP contribution is 2.26. The van der Waals surface area contributed by atoms with Crippen molar-refractivity contribution in [1.82, 2.24) is 15.1 Å². The van der Waals surface area contributed by atoms with Gasteiger partial charge in [-0.15, -0.1) is 0 Å². The van der Waals surface area contributed by atoms with Gasteiger partial charge in [-0.25, -0.2) is 0 Å². The zero-order chi connectivity index (χ0) is 12.3. The fourth-order valence-electron chi connectivity index (χ4n) is 3.66. The number of nitrogens with one attached hydrogen (secondary N) is 1. The summed E-state index contributed by atoms with van der Waals surface area (Å²) < 4.78 is 0. The monoisotopic (exact) mass is 239 g/mol. The summed E-state index contributed by atoms with van der Waals surface area (Å²) in [6.45, 7) is 9.47. The lowest BCUT2D eigenvalue weighted by Gasteiger charge is -2.47. The molecular formula is C14H29N3. The van der Waals surface area contributed by atoms with Crippen molar-refractivity contribution in [2.24, 2.45) is 0 Å². The highest BCUT2D eigenvalue weighted by Gasteiger charge is 2.34. The Kier molecular flexibility index (Phi) is 4.83. The van der Waals surface area contributed by atoms with Gasteiger partial charge in [0.15, 0.2) is 0 Å². The van der Waals surface area contributed by atoms with E-state index in [0.717, 1.165) is 24.7 Å². The smallest absolute Gasteiger partial charge is 0.0253 e. The topological polar surface area (TPSA) is 18.5 Å². The van der Waals surface area contributed by atoms with Gasteiger partial charge in [-0.1, -0.05) is 19.8 Å². The summed E-state index contributed by atoms with van der Waals surface area (Å²) in [6.07, 6.45) is 5.60. The van der Waals surface area contributed by atoms with Gasteiger partial charge in [0.2, 0.25) is 0 Å². The van der Waals surface area contributed by atoms with Crippen LogP contribution in [0.25, 0.3) is 0 Å². The Morgan fingerprint density at radius 3 is 2.65 bits per heavy atom. The van der Waals surface area contributed by atoms with E-state index >= 15 is 0 Å². The predicted molar refractivity (Wildman–Crippen MR) is 73.4 cm³/mol. The minimum atomic E-state index is 0.720. The quantitative estimate of drug-likeness (QED) is 0.806. The molecule has 1 saturated heterocycles. The lowest BCUT2D eigenvalue weighted by atomic mass is 9.88. The normalized spacial score (nSPS) is 37.2. The summed E-state index contributed by atoms with van der Waals surface area (Å²) in [5, 5.41) is 3.71. The van der Waals surface area contributed by atoms with E-state index in [-0.39, 0.29) is 0 Å². The van der Waals surface area contributed by atoms with Crippen molar-refractivity contribution in [3.05, 3.63) is 0 Å². The number of rotatable bonds is 3. The first kappa shape index (κ1) is 13.3. The molecule has 1 aliphatic carbocycles. The van der Waals surface area contributed by atoms with E-state index in [1.165, 1.54) is 45.3 Å². The van der Waals surface area contributed by atoms with E-state index in [0.29, 0.717) is 0 Å². The molecule has 2 fully saturated rings. The third-order valence-corrected chi connectivity index (χ3v) is 4.50. The van der Waals surface area contributed by atoms with E-state index in [2.05, 4.69) is 36.0 Å². The van der Waals surface area contributed by atoms with Crippen LogP contribution in [0, 0.1) is 0 Å². The van der Waals surface area contributed by atoms with E-state index in [1.54, 1.807) is 0 Å². The second-order valence-electron chi connectivity index (χ2n) is 5.87. The van der Waals surface area contributed by atoms with E-state index in [4.69, 9.17) is 0 Å². The van der Waals surface area contributed by atoms with Crippen LogP contribution in [0.3, 0.4) is 0 Å². The van der Waals surface area contributed by atoms with Crippen molar-refractivity contribution < 1.29 is 0 Å². The van der Waals surface area contributed by atoms with Crippen LogP contribution in [0.4, 0.5) is 0 Å². The van der Waals surface area contributed by atoms with Crippen molar-refractivity contribution in [2.75, 3.05) is 33.2 Å². The maximum atomic E-state index is 3.71. The second kappa shape index (κ2) is 6.17. The molecule has 3 atom stereocenters. The largest absolute Gasteiger partial charge is 0.313 e. The third-order valence-electron chi connectivity index (χ3n) is 4.50. The minimum absolute atomic E-state index is 0.720. The van der Waals surface area contributed by atoms with E-state index < -0.39 is 0 Å². The van der Waals surface area contributed by atoms with Gasteiger partial charge in [0.25, 0.3) is 0 Å². The molecule has 0 amide bonds. The van der Waals surface area contributed by atoms with Crippen LogP contribution in [-0.4, -0.2) is 61.2 Å². The number of hydrogen-bond donors (Lipinski definition) is 1. The van der Waals surface area contributed by atoms with Crippen LogP contribution in [-0.2, 0) is 0 Å². The van der Waals surface area contributed by atoms with Gasteiger partial charge in [0.05, 0.1) is 0 Å². The van der Waals surface area contributed by atoms with Crippen molar-refractivity contribution in [3.63, 3.8) is 0 Å². The molecule has 3 unspecified atom stereocenters. The lowest BCUT2D eigenvalue weighted by Crippen LogP contribution is -2.60. The van der Waals surface area contributed by atoms with Crippen molar-refractivity contribution in [1.29, 1.82) is 0 Å². The fourth-order valence-corrected chi connectivity index (χ4v) is 3.66. The Bertz CT molecular complexity index is 230. The molecule has 0 aromatic rings. The van der Waals surface area contributed by atoms with E-state index in [9.17, 15) is 0 Å². The molecule has 1 heterocycles. The Hall–Kier alpha value is -0.120. The summed E-state index contributed by atoms with van der Waals surface area (Å²) in [7, 11) is 2.25. The van der Waals surface area contributed by atoms with E-state index in [1.807, 2.05) is 0 Å². The Morgan fingerprint density at radius 1 is 1.18 bits per heavy atom. The van der Waals surface area contributed by atoms with Crippen LogP contribution < -0.4 is 5.32 Å². The van der Waals surface area contributed by atoms with Gasteiger partial charge < -0.3 is 10.2 Å². The summed E-state index contributed by atoms with van der Waals surface area (Å²) >= 11 is 0. The zero-order valence-electron chi connectivity index (χ0n) is 11.8. The summed E-state index contributed by atoms with van der Waals surface area (Å²) in [5.41, 5.74) is 0. The van der Waals surface area contributed by atoms with Gasteiger partial charge in [-0.3, -0.25) is 4.90 Å². The third kappa shape index (κ3) is 3.21. The van der Waals surface area contributed by atoms with Crippen LogP contribution in [0.15, 0.2) is 0 Å². The standard InChI is InChI=1S/C14H29N3/c1-4-15-13-7-5-6-8-14(13)17-10-9-16(3)11-12(17)2/h12-15H,4-11H2,1-3H3. The molecule has 2 rings (SSSR count). The molecule has 0 aromatic carbocycles. The molecule has 0 aromatic heterocycles. The summed E-state index contributed by atoms with van der Waals surface area (Å²) in [4.78, 5) is 5.23. The molecule has 1 saturated carbocycles. The highest BCUT2D eigenvalue weighted by molar-refractivity contribution is 4.92. The number of piperazine rings is 1. The molecule has 0 bridgehead atoms. The molecule has 2 aliphatic rings. The van der Waals surface area contributed by atoms with Crippen molar-refractivity contribution >= 4 is 0 Å². The average molecular weight is 239 g/mol. The maximum absolute atomic E-state index is 3.71. The summed E-state index contributed by atoms with van der Waals surface area (Å²) in [6, 6.07) is 2.24. The van der Waals surface area contributed by atoms with Crippen LogP contribution in [0.5, 0.6) is 0 Å². The molecule has 1 N–H and O–H groups in total. The Morgan fingerprint density at radius 2 is 1.94 bits per heavy atom. The molecular weight excluding hydrogens is 210 g/mol. The highest BCUT2D eigenvalue weighted by atomic mass is 15.3. The lowest BCUT2D eigenvalue weighted by molar-refractivity contribution is 0.0304. The SMILES string of the molecule is CCNC1CCCCC1N1CCN(C)CC1C. The molecule has 1 aliphatic heterocycles. The molecule has 0 spiro atoms. The van der Waals surface area contributed by atoms with Gasteiger partial charge in [-0.05, 0) is 33.4 Å². The Labute approximate surface area is 107 Å². The average Bonchev–Trinajstić information content (AvgIpc) is 2.31. The van der Waals surface area contributed by atoms with Crippen LogP contribution >= 0.6 is 0 Å². The van der Waals surface area contributed by atoms with Gasteiger partial charge in [0, 0.05) is 37.8 Å². The molecule has 17 heavy (non-hydrogen) atoms. The number of hydrogen-bond acceptors (Lipinski definition) is 3. The van der Waals surface area contributed by atoms with Gasteiger partial charge >= 0.3 is 0 Å². The predicted octanol–water partition coefficient (Wildman–Crippen LogP) is 1.54. The maximum Gasteiger partial charge on any atom is 0.0253 e. The first-order chi connectivity index (χ1) is 8.22. The number of likely N-dealkylation sites (N-methyl/N-ethyl adjacent to an activating group) is 2. The van der Waals surface area contributed by atoms with Crippen LogP contribution in [0.2, 0.25) is 0 Å². The van der Waals surface area contributed by atoms with Gasteiger partial charge in [0.1, 0.15) is 0 Å². The molecule has 3 heteroatoms. The van der Waals surface area contributed by atoms with Gasteiger partial charge in [-0.2, -0.15) is 0 Å². The summed E-state index contributed by atoms with van der Waals surface area (Å²) in [5.74, 6) is 0. The molecule has 100 valence electrons.